The van der Waals surface area contributed by atoms with Crippen LogP contribution in [0.4, 0.5) is 0 Å². The fraction of sp³-hybridized carbons (Fsp3) is 0.200. The number of hydrogen-bond acceptors (Lipinski definition) is 4. The van der Waals surface area contributed by atoms with Crippen LogP contribution in [0.15, 0.2) is 90.2 Å². The summed E-state index contributed by atoms with van der Waals surface area (Å²) < 4.78 is 1.51. The largest absolute Gasteiger partial charge is 0.338 e. The van der Waals surface area contributed by atoms with Gasteiger partial charge in [-0.1, -0.05) is 48.5 Å². The molecule has 0 N–H and O–H groups in total. The van der Waals surface area contributed by atoms with Crippen molar-refractivity contribution in [2.45, 2.75) is 25.9 Å². The molecule has 0 saturated carbocycles. The summed E-state index contributed by atoms with van der Waals surface area (Å²) in [4.78, 5) is 36.1. The number of benzene rings is 2. The van der Waals surface area contributed by atoms with Gasteiger partial charge in [0.15, 0.2) is 0 Å². The molecule has 31 heavy (non-hydrogen) atoms. The highest BCUT2D eigenvalue weighted by Crippen LogP contribution is 2.10. The molecule has 0 bridgehead atoms. The second kappa shape index (κ2) is 9.80. The predicted molar refractivity (Wildman–Crippen MR) is 120 cm³/mol. The number of para-hydroxylation sites is 1. The molecule has 0 fully saturated rings. The SMILES string of the molecule is O=C(CCn1cnc2ccccc2c1=O)N(CCc1ccccc1)Cc1cccnc1. The van der Waals surface area contributed by atoms with Crippen LogP contribution in [0.3, 0.4) is 0 Å². The number of hydrogen-bond donors (Lipinski definition) is 0. The number of aryl methyl sites for hydroxylation is 1. The van der Waals surface area contributed by atoms with Gasteiger partial charge in [-0.05, 0) is 35.7 Å². The highest BCUT2D eigenvalue weighted by molar-refractivity contribution is 5.77. The third-order valence-electron chi connectivity index (χ3n) is 5.26. The number of aromatic nitrogens is 3. The van der Waals surface area contributed by atoms with Gasteiger partial charge in [-0.3, -0.25) is 19.1 Å². The lowest BCUT2D eigenvalue weighted by Crippen LogP contribution is -2.34. The van der Waals surface area contributed by atoms with Crippen molar-refractivity contribution in [3.63, 3.8) is 0 Å². The van der Waals surface area contributed by atoms with Gasteiger partial charge >= 0.3 is 0 Å². The lowest BCUT2D eigenvalue weighted by Gasteiger charge is -2.23. The first-order chi connectivity index (χ1) is 15.2. The maximum absolute atomic E-state index is 13.1. The summed E-state index contributed by atoms with van der Waals surface area (Å²) in [5.41, 5.74) is 2.70. The Morgan fingerprint density at radius 1 is 0.935 bits per heavy atom. The Balaban J connectivity index is 1.47. The molecule has 4 aromatic rings. The van der Waals surface area contributed by atoms with Crippen LogP contribution < -0.4 is 5.56 Å². The molecule has 2 aromatic carbocycles. The minimum atomic E-state index is -0.124. The quantitative estimate of drug-likeness (QED) is 0.445. The summed E-state index contributed by atoms with van der Waals surface area (Å²) in [6.07, 6.45) is 6.02. The van der Waals surface area contributed by atoms with Crippen molar-refractivity contribution in [1.29, 1.82) is 0 Å². The molecule has 1 amide bonds. The standard InChI is InChI=1S/C25H24N4O2/c30-24(13-16-29-19-27-23-11-5-4-10-22(23)25(29)31)28(18-21-9-6-14-26-17-21)15-12-20-7-2-1-3-8-20/h1-11,14,17,19H,12-13,15-16,18H2. The number of fused-ring (bicyclic) bond motifs is 1. The molecule has 6 heteroatoms. The molecule has 0 aliphatic carbocycles. The first-order valence-corrected chi connectivity index (χ1v) is 10.4. The van der Waals surface area contributed by atoms with Crippen LogP contribution in [-0.2, 0) is 24.3 Å². The molecule has 0 aliphatic heterocycles. The zero-order chi connectivity index (χ0) is 21.5. The van der Waals surface area contributed by atoms with Gasteiger partial charge in [0.05, 0.1) is 17.2 Å². The Morgan fingerprint density at radius 2 is 1.71 bits per heavy atom. The Bertz CT molecular complexity index is 1210. The molecular formula is C25H24N4O2. The van der Waals surface area contributed by atoms with Gasteiger partial charge in [-0.25, -0.2) is 4.98 Å². The molecular weight excluding hydrogens is 388 g/mol. The Labute approximate surface area is 180 Å². The molecule has 0 atom stereocenters. The van der Waals surface area contributed by atoms with Crippen LogP contribution in [0, 0.1) is 0 Å². The van der Waals surface area contributed by atoms with Gasteiger partial charge in [0.2, 0.25) is 5.91 Å². The van der Waals surface area contributed by atoms with Gasteiger partial charge < -0.3 is 4.90 Å². The highest BCUT2D eigenvalue weighted by Gasteiger charge is 2.15. The predicted octanol–water partition coefficient (Wildman–Crippen LogP) is 3.45. The second-order valence-electron chi connectivity index (χ2n) is 7.42. The Morgan fingerprint density at radius 3 is 2.52 bits per heavy atom. The first kappa shape index (κ1) is 20.5. The topological polar surface area (TPSA) is 68.1 Å². The third kappa shape index (κ3) is 5.22. The van der Waals surface area contributed by atoms with E-state index in [0.29, 0.717) is 30.5 Å². The summed E-state index contributed by atoms with van der Waals surface area (Å²) in [5.74, 6) is -0.000146. The normalized spacial score (nSPS) is 10.8. The van der Waals surface area contributed by atoms with E-state index < -0.39 is 0 Å². The smallest absolute Gasteiger partial charge is 0.261 e. The molecule has 0 saturated heterocycles. The van der Waals surface area contributed by atoms with Gasteiger partial charge in [-0.2, -0.15) is 0 Å². The van der Waals surface area contributed by atoms with E-state index in [9.17, 15) is 9.59 Å². The number of pyridine rings is 1. The van der Waals surface area contributed by atoms with Crippen LogP contribution >= 0.6 is 0 Å². The fourth-order valence-corrected chi connectivity index (χ4v) is 3.55. The molecule has 2 heterocycles. The second-order valence-corrected chi connectivity index (χ2v) is 7.42. The van der Waals surface area contributed by atoms with E-state index >= 15 is 0 Å². The van der Waals surface area contributed by atoms with Gasteiger partial charge in [-0.15, -0.1) is 0 Å². The van der Waals surface area contributed by atoms with Crippen LogP contribution in [0.25, 0.3) is 10.9 Å². The minimum absolute atomic E-state index is 0.000146. The molecule has 6 nitrogen and oxygen atoms in total. The summed E-state index contributed by atoms with van der Waals surface area (Å²) in [7, 11) is 0. The van der Waals surface area contributed by atoms with E-state index in [1.807, 2.05) is 53.4 Å². The average Bonchev–Trinajstić information content (AvgIpc) is 2.82. The maximum atomic E-state index is 13.1. The molecule has 4 rings (SSSR count). The van der Waals surface area contributed by atoms with Gasteiger partial charge in [0.1, 0.15) is 0 Å². The summed E-state index contributed by atoms with van der Waals surface area (Å²) >= 11 is 0. The van der Waals surface area contributed by atoms with E-state index in [1.165, 1.54) is 16.5 Å². The minimum Gasteiger partial charge on any atom is -0.338 e. The van der Waals surface area contributed by atoms with Crippen molar-refractivity contribution in [1.82, 2.24) is 19.4 Å². The van der Waals surface area contributed by atoms with Crippen molar-refractivity contribution < 1.29 is 4.79 Å². The van der Waals surface area contributed by atoms with Gasteiger partial charge in [0, 0.05) is 38.4 Å². The van der Waals surface area contributed by atoms with Crippen LogP contribution in [0.5, 0.6) is 0 Å². The van der Waals surface area contributed by atoms with Crippen molar-refractivity contribution in [3.8, 4) is 0 Å². The summed E-state index contributed by atoms with van der Waals surface area (Å²) in [6.45, 7) is 1.39. The Hall–Kier alpha value is -3.80. The molecule has 156 valence electrons. The number of nitrogens with zero attached hydrogens (tertiary/aromatic N) is 4. The molecule has 2 aromatic heterocycles. The number of carbonyl (C=O) groups is 1. The van der Waals surface area contributed by atoms with Crippen LogP contribution in [0.1, 0.15) is 17.5 Å². The molecule has 0 unspecified atom stereocenters. The third-order valence-corrected chi connectivity index (χ3v) is 5.26. The number of amides is 1. The van der Waals surface area contributed by atoms with E-state index in [-0.39, 0.29) is 17.9 Å². The van der Waals surface area contributed by atoms with Gasteiger partial charge in [0.25, 0.3) is 5.56 Å². The summed E-state index contributed by atoms with van der Waals surface area (Å²) in [5, 5.41) is 0.564. The van der Waals surface area contributed by atoms with Crippen molar-refractivity contribution >= 4 is 16.8 Å². The van der Waals surface area contributed by atoms with E-state index in [4.69, 9.17) is 0 Å². The lowest BCUT2D eigenvalue weighted by atomic mass is 10.1. The fourth-order valence-electron chi connectivity index (χ4n) is 3.55. The highest BCUT2D eigenvalue weighted by atomic mass is 16.2. The number of carbonyl (C=O) groups excluding carboxylic acids is 1. The van der Waals surface area contributed by atoms with E-state index in [1.54, 1.807) is 18.5 Å². The first-order valence-electron chi connectivity index (χ1n) is 10.4. The van der Waals surface area contributed by atoms with E-state index in [2.05, 4.69) is 22.1 Å². The zero-order valence-corrected chi connectivity index (χ0v) is 17.2. The summed E-state index contributed by atoms with van der Waals surface area (Å²) in [6, 6.07) is 21.2. The lowest BCUT2D eigenvalue weighted by molar-refractivity contribution is -0.132. The van der Waals surface area contributed by atoms with Crippen molar-refractivity contribution in [3.05, 3.63) is 107 Å². The molecule has 0 aliphatic rings. The van der Waals surface area contributed by atoms with Crippen molar-refractivity contribution in [2.75, 3.05) is 6.54 Å². The van der Waals surface area contributed by atoms with E-state index in [0.717, 1.165) is 12.0 Å². The molecule has 0 radical (unpaired) electrons. The van der Waals surface area contributed by atoms with Crippen molar-refractivity contribution in [2.24, 2.45) is 0 Å². The zero-order valence-electron chi connectivity index (χ0n) is 17.2. The van der Waals surface area contributed by atoms with Crippen LogP contribution in [-0.4, -0.2) is 31.9 Å². The number of rotatable bonds is 8. The van der Waals surface area contributed by atoms with Crippen LogP contribution in [0.2, 0.25) is 0 Å². The Kier molecular flexibility index (Phi) is 6.47. The maximum Gasteiger partial charge on any atom is 0.261 e. The molecule has 0 spiro atoms. The average molecular weight is 412 g/mol. The monoisotopic (exact) mass is 412 g/mol.